The third-order valence-electron chi connectivity index (χ3n) is 3.48. The summed E-state index contributed by atoms with van der Waals surface area (Å²) >= 11 is 1.69. The number of amides is 1. The van der Waals surface area contributed by atoms with Gasteiger partial charge >= 0.3 is 6.09 Å². The van der Waals surface area contributed by atoms with Crippen LogP contribution < -0.4 is 10.6 Å². The molecule has 1 aromatic rings. The predicted molar refractivity (Wildman–Crippen MR) is 96.0 cm³/mol. The van der Waals surface area contributed by atoms with E-state index in [0.29, 0.717) is 18.4 Å². The Morgan fingerprint density at radius 2 is 2.04 bits per heavy atom. The van der Waals surface area contributed by atoms with Crippen LogP contribution in [0, 0.1) is 18.8 Å². The quantitative estimate of drug-likeness (QED) is 0.712. The lowest BCUT2D eigenvalue weighted by Crippen LogP contribution is -2.39. The first-order valence-corrected chi connectivity index (χ1v) is 9.14. The van der Waals surface area contributed by atoms with Gasteiger partial charge in [-0.15, -0.1) is 11.3 Å². The van der Waals surface area contributed by atoms with Crippen molar-refractivity contribution in [2.45, 2.75) is 53.6 Å². The molecule has 0 aliphatic heterocycles. The number of carbonyl (C=O) groups excluding carboxylic acids is 1. The van der Waals surface area contributed by atoms with E-state index in [1.54, 1.807) is 11.3 Å². The number of thiazole rings is 1. The lowest BCUT2D eigenvalue weighted by Gasteiger charge is -2.24. The summed E-state index contributed by atoms with van der Waals surface area (Å²) in [6, 6.07) is 0. The van der Waals surface area contributed by atoms with Crippen LogP contribution in [-0.4, -0.2) is 36.3 Å². The minimum absolute atomic E-state index is 0.346. The fourth-order valence-electron chi connectivity index (χ4n) is 2.10. The van der Waals surface area contributed by atoms with Gasteiger partial charge in [-0.25, -0.2) is 9.78 Å². The Bertz CT molecular complexity index is 480. The molecule has 5 nitrogen and oxygen atoms in total. The van der Waals surface area contributed by atoms with Crippen molar-refractivity contribution in [1.29, 1.82) is 0 Å². The smallest absolute Gasteiger partial charge is 0.407 e. The summed E-state index contributed by atoms with van der Waals surface area (Å²) in [4.78, 5) is 16.2. The molecule has 0 bridgehead atoms. The summed E-state index contributed by atoms with van der Waals surface area (Å²) in [6.07, 6.45) is 0.593. The van der Waals surface area contributed by atoms with Gasteiger partial charge in [0.25, 0.3) is 0 Å². The molecule has 0 saturated heterocycles. The number of nitrogens with one attached hydrogen (secondary N) is 2. The van der Waals surface area contributed by atoms with Crippen LogP contribution in [0.15, 0.2) is 5.38 Å². The fourth-order valence-corrected chi connectivity index (χ4v) is 2.75. The van der Waals surface area contributed by atoms with Crippen molar-refractivity contribution in [3.8, 4) is 0 Å². The lowest BCUT2D eigenvalue weighted by molar-refractivity contribution is 0.0515. The first-order valence-electron chi connectivity index (χ1n) is 8.26. The first kappa shape index (κ1) is 19.9. The number of hydrogen-bond donors (Lipinski definition) is 2. The van der Waals surface area contributed by atoms with E-state index in [9.17, 15) is 4.79 Å². The molecular weight excluding hydrogens is 310 g/mol. The number of rotatable bonds is 8. The highest BCUT2D eigenvalue weighted by Crippen LogP contribution is 2.11. The van der Waals surface area contributed by atoms with Gasteiger partial charge in [-0.3, -0.25) is 0 Å². The summed E-state index contributed by atoms with van der Waals surface area (Å²) in [6.45, 7) is 14.4. The Kier molecular flexibility index (Phi) is 7.99. The van der Waals surface area contributed by atoms with Crippen LogP contribution in [-0.2, 0) is 11.2 Å². The molecule has 0 radical (unpaired) electrons. The molecule has 1 aromatic heterocycles. The molecule has 1 atom stereocenters. The molecule has 0 fully saturated rings. The van der Waals surface area contributed by atoms with E-state index in [2.05, 4.69) is 34.8 Å². The van der Waals surface area contributed by atoms with Crippen molar-refractivity contribution in [3.05, 3.63) is 16.1 Å². The van der Waals surface area contributed by atoms with Crippen LogP contribution in [0.25, 0.3) is 0 Å². The van der Waals surface area contributed by atoms with Gasteiger partial charge in [0.05, 0.1) is 10.7 Å². The Balaban J connectivity index is 2.27. The molecule has 1 amide bonds. The van der Waals surface area contributed by atoms with Crippen molar-refractivity contribution in [2.75, 3.05) is 19.6 Å². The van der Waals surface area contributed by atoms with E-state index in [-0.39, 0.29) is 6.09 Å². The van der Waals surface area contributed by atoms with Crippen molar-refractivity contribution in [2.24, 2.45) is 11.8 Å². The average molecular weight is 342 g/mol. The predicted octanol–water partition coefficient (Wildman–Crippen LogP) is 3.38. The van der Waals surface area contributed by atoms with Crippen LogP contribution in [0.4, 0.5) is 4.79 Å². The van der Waals surface area contributed by atoms with Crippen molar-refractivity contribution in [1.82, 2.24) is 15.6 Å². The molecule has 2 N–H and O–H groups in total. The number of aryl methyl sites for hydroxylation is 1. The Morgan fingerprint density at radius 1 is 1.35 bits per heavy atom. The molecule has 0 aromatic carbocycles. The number of nitrogens with zero attached hydrogens (tertiary/aromatic N) is 1. The third kappa shape index (κ3) is 8.91. The second-order valence-electron chi connectivity index (χ2n) is 7.20. The van der Waals surface area contributed by atoms with Crippen LogP contribution in [0.2, 0.25) is 0 Å². The third-order valence-corrected chi connectivity index (χ3v) is 4.30. The zero-order valence-electron chi connectivity index (χ0n) is 15.2. The molecule has 132 valence electrons. The molecule has 0 aliphatic rings. The van der Waals surface area contributed by atoms with Crippen LogP contribution in [0.5, 0.6) is 0 Å². The SMILES string of the molecule is Cc1nc(CCNCC(CNC(=O)OC(C)(C)C)C(C)C)cs1. The number of carbonyl (C=O) groups is 1. The fraction of sp³-hybridized carbons (Fsp3) is 0.765. The van der Waals surface area contributed by atoms with Gasteiger partial charge in [0.1, 0.15) is 5.60 Å². The normalized spacial score (nSPS) is 13.2. The van der Waals surface area contributed by atoms with Gasteiger partial charge in [0, 0.05) is 24.9 Å². The molecule has 1 unspecified atom stereocenters. The first-order chi connectivity index (χ1) is 10.7. The van der Waals surface area contributed by atoms with E-state index in [1.807, 2.05) is 27.7 Å². The van der Waals surface area contributed by atoms with Crippen molar-refractivity contribution < 1.29 is 9.53 Å². The van der Waals surface area contributed by atoms with Crippen LogP contribution in [0.1, 0.15) is 45.3 Å². The molecule has 23 heavy (non-hydrogen) atoms. The van der Waals surface area contributed by atoms with Gasteiger partial charge in [0.15, 0.2) is 0 Å². The maximum atomic E-state index is 11.7. The molecule has 1 rings (SSSR count). The summed E-state index contributed by atoms with van der Waals surface area (Å²) in [5, 5.41) is 9.56. The van der Waals surface area contributed by atoms with E-state index in [0.717, 1.165) is 30.2 Å². The highest BCUT2D eigenvalue weighted by Gasteiger charge is 2.18. The maximum Gasteiger partial charge on any atom is 0.407 e. The zero-order chi connectivity index (χ0) is 17.5. The molecule has 0 aliphatic carbocycles. The Labute approximate surface area is 144 Å². The summed E-state index contributed by atoms with van der Waals surface area (Å²) in [5.41, 5.74) is 0.689. The molecular formula is C17H31N3O2S. The highest BCUT2D eigenvalue weighted by atomic mass is 32.1. The monoisotopic (exact) mass is 341 g/mol. The van der Waals surface area contributed by atoms with Crippen molar-refractivity contribution >= 4 is 17.4 Å². The highest BCUT2D eigenvalue weighted by molar-refractivity contribution is 7.09. The Morgan fingerprint density at radius 3 is 2.57 bits per heavy atom. The summed E-state index contributed by atoms with van der Waals surface area (Å²) in [5.74, 6) is 0.860. The number of ether oxygens (including phenoxy) is 1. The second-order valence-corrected chi connectivity index (χ2v) is 8.26. The Hall–Kier alpha value is -1.14. The molecule has 1 heterocycles. The van der Waals surface area contributed by atoms with Gasteiger partial charge in [-0.1, -0.05) is 13.8 Å². The van der Waals surface area contributed by atoms with Gasteiger partial charge in [-0.05, 0) is 46.1 Å². The topological polar surface area (TPSA) is 63.2 Å². The largest absolute Gasteiger partial charge is 0.444 e. The minimum Gasteiger partial charge on any atom is -0.444 e. The van der Waals surface area contributed by atoms with E-state index in [4.69, 9.17) is 4.74 Å². The van der Waals surface area contributed by atoms with Gasteiger partial charge < -0.3 is 15.4 Å². The summed E-state index contributed by atoms with van der Waals surface area (Å²) in [7, 11) is 0. The van der Waals surface area contributed by atoms with Gasteiger partial charge in [0.2, 0.25) is 0 Å². The molecule has 6 heteroatoms. The van der Waals surface area contributed by atoms with Crippen LogP contribution >= 0.6 is 11.3 Å². The van der Waals surface area contributed by atoms with E-state index < -0.39 is 5.60 Å². The lowest BCUT2D eigenvalue weighted by atomic mass is 9.96. The zero-order valence-corrected chi connectivity index (χ0v) is 16.0. The summed E-state index contributed by atoms with van der Waals surface area (Å²) < 4.78 is 5.28. The van der Waals surface area contributed by atoms with Crippen LogP contribution in [0.3, 0.4) is 0 Å². The van der Waals surface area contributed by atoms with E-state index in [1.165, 1.54) is 0 Å². The van der Waals surface area contributed by atoms with Crippen molar-refractivity contribution in [3.63, 3.8) is 0 Å². The minimum atomic E-state index is -0.457. The number of hydrogen-bond acceptors (Lipinski definition) is 5. The molecule has 0 spiro atoms. The standard InChI is InChI=1S/C17H31N3O2S/c1-12(2)14(10-19-16(21)22-17(4,5)6)9-18-8-7-15-11-23-13(3)20-15/h11-12,14,18H,7-10H2,1-6H3,(H,19,21). The second kappa shape index (κ2) is 9.23. The number of aromatic nitrogens is 1. The van der Waals surface area contributed by atoms with Gasteiger partial charge in [-0.2, -0.15) is 0 Å². The maximum absolute atomic E-state index is 11.7. The number of alkyl carbamates (subject to hydrolysis) is 1. The van der Waals surface area contributed by atoms with E-state index >= 15 is 0 Å². The average Bonchev–Trinajstić information content (AvgIpc) is 2.81. The molecule has 0 saturated carbocycles.